The van der Waals surface area contributed by atoms with Crippen LogP contribution in [0.15, 0.2) is 24.3 Å². The molecule has 1 saturated heterocycles. The van der Waals surface area contributed by atoms with Crippen molar-refractivity contribution >= 4 is 17.3 Å². The van der Waals surface area contributed by atoms with Gasteiger partial charge in [0.15, 0.2) is 0 Å². The summed E-state index contributed by atoms with van der Waals surface area (Å²) in [7, 11) is 0. The summed E-state index contributed by atoms with van der Waals surface area (Å²) in [5, 5.41) is 13.6. The lowest BCUT2D eigenvalue weighted by atomic mass is 9.93. The van der Waals surface area contributed by atoms with Crippen molar-refractivity contribution in [1.82, 2.24) is 5.32 Å². The summed E-state index contributed by atoms with van der Waals surface area (Å²) >= 11 is 6.05. The Bertz CT molecular complexity index is 409. The van der Waals surface area contributed by atoms with E-state index in [1.807, 2.05) is 18.2 Å². The second-order valence-electron chi connectivity index (χ2n) is 5.79. The first kappa shape index (κ1) is 13.7. The van der Waals surface area contributed by atoms with Crippen molar-refractivity contribution in [3.05, 3.63) is 29.3 Å². The first-order chi connectivity index (χ1) is 8.50. The predicted octanol–water partition coefficient (Wildman–Crippen LogP) is 2.14. The fraction of sp³-hybridized carbons (Fsp3) is 0.571. The highest BCUT2D eigenvalue weighted by Crippen LogP contribution is 2.26. The average molecular weight is 269 g/mol. The molecule has 0 amide bonds. The van der Waals surface area contributed by atoms with E-state index in [9.17, 15) is 5.11 Å². The summed E-state index contributed by atoms with van der Waals surface area (Å²) in [5.74, 6) is 0. The molecule has 100 valence electrons. The first-order valence-corrected chi connectivity index (χ1v) is 6.73. The number of nitrogens with one attached hydrogen (secondary N) is 1. The molecule has 0 aliphatic carbocycles. The molecular weight excluding hydrogens is 248 g/mol. The third-order valence-corrected chi connectivity index (χ3v) is 3.56. The second kappa shape index (κ2) is 5.47. The zero-order valence-electron chi connectivity index (χ0n) is 11.0. The van der Waals surface area contributed by atoms with E-state index < -0.39 is 0 Å². The van der Waals surface area contributed by atoms with Crippen molar-refractivity contribution in [3.8, 4) is 0 Å². The van der Waals surface area contributed by atoms with Gasteiger partial charge in [-0.25, -0.2) is 0 Å². The number of rotatable bonds is 2. The maximum absolute atomic E-state index is 9.39. The monoisotopic (exact) mass is 268 g/mol. The molecule has 2 rings (SSSR count). The Morgan fingerprint density at radius 1 is 1.50 bits per heavy atom. The molecule has 4 heteroatoms. The van der Waals surface area contributed by atoms with Crippen molar-refractivity contribution in [2.75, 3.05) is 31.1 Å². The van der Waals surface area contributed by atoms with Crippen LogP contribution in [0.1, 0.15) is 13.8 Å². The van der Waals surface area contributed by atoms with Crippen LogP contribution in [0.4, 0.5) is 5.69 Å². The number of hydrogen-bond acceptors (Lipinski definition) is 3. The van der Waals surface area contributed by atoms with Gasteiger partial charge >= 0.3 is 0 Å². The zero-order valence-corrected chi connectivity index (χ0v) is 11.7. The van der Waals surface area contributed by atoms with Gasteiger partial charge in [-0.2, -0.15) is 0 Å². The minimum atomic E-state index is 0.116. The number of nitrogens with zero attached hydrogens (tertiary/aromatic N) is 1. The molecular formula is C14H21ClN2O. The van der Waals surface area contributed by atoms with E-state index in [1.165, 1.54) is 0 Å². The van der Waals surface area contributed by atoms with Crippen molar-refractivity contribution in [1.29, 1.82) is 0 Å². The van der Waals surface area contributed by atoms with Crippen LogP contribution in [0.5, 0.6) is 0 Å². The highest BCUT2D eigenvalue weighted by atomic mass is 35.5. The molecule has 1 fully saturated rings. The highest BCUT2D eigenvalue weighted by molar-refractivity contribution is 6.30. The van der Waals surface area contributed by atoms with Crippen LogP contribution >= 0.6 is 11.6 Å². The van der Waals surface area contributed by atoms with Crippen LogP contribution in [0.2, 0.25) is 5.02 Å². The zero-order chi connectivity index (χ0) is 13.2. The largest absolute Gasteiger partial charge is 0.395 e. The van der Waals surface area contributed by atoms with Gasteiger partial charge in [-0.3, -0.25) is 0 Å². The fourth-order valence-electron chi connectivity index (χ4n) is 2.38. The maximum atomic E-state index is 9.39. The second-order valence-corrected chi connectivity index (χ2v) is 6.22. The number of halogens is 1. The first-order valence-electron chi connectivity index (χ1n) is 6.35. The van der Waals surface area contributed by atoms with E-state index in [1.54, 1.807) is 0 Å². The molecule has 2 N–H and O–H groups in total. The standard InChI is InChI=1S/C14H21ClN2O/c1-14(2)9-16-12(8-18)7-17(10-14)13-5-3-4-11(15)6-13/h3-6,12,16,18H,7-10H2,1-2H3. The minimum absolute atomic E-state index is 0.116. The summed E-state index contributed by atoms with van der Waals surface area (Å²) < 4.78 is 0. The number of hydrogen-bond donors (Lipinski definition) is 2. The molecule has 0 radical (unpaired) electrons. The molecule has 1 heterocycles. The molecule has 0 aromatic heterocycles. The fourth-order valence-corrected chi connectivity index (χ4v) is 2.56. The van der Waals surface area contributed by atoms with Gasteiger partial charge in [-0.05, 0) is 23.6 Å². The van der Waals surface area contributed by atoms with Crippen LogP contribution < -0.4 is 10.2 Å². The maximum Gasteiger partial charge on any atom is 0.0601 e. The Kier molecular flexibility index (Phi) is 4.15. The Morgan fingerprint density at radius 3 is 2.94 bits per heavy atom. The van der Waals surface area contributed by atoms with Crippen LogP contribution in [0, 0.1) is 5.41 Å². The van der Waals surface area contributed by atoms with E-state index in [0.717, 1.165) is 30.3 Å². The van der Waals surface area contributed by atoms with Gasteiger partial charge in [0.25, 0.3) is 0 Å². The van der Waals surface area contributed by atoms with Gasteiger partial charge in [0.05, 0.1) is 6.61 Å². The third-order valence-electron chi connectivity index (χ3n) is 3.32. The van der Waals surface area contributed by atoms with Gasteiger partial charge in [0.1, 0.15) is 0 Å². The van der Waals surface area contributed by atoms with Gasteiger partial charge in [0, 0.05) is 36.4 Å². The molecule has 18 heavy (non-hydrogen) atoms. The summed E-state index contributed by atoms with van der Waals surface area (Å²) in [6.07, 6.45) is 0. The van der Waals surface area contributed by atoms with E-state index in [0.29, 0.717) is 0 Å². The normalized spacial score (nSPS) is 23.8. The topological polar surface area (TPSA) is 35.5 Å². The molecule has 1 aliphatic rings. The SMILES string of the molecule is CC1(C)CNC(CO)CN(c2cccc(Cl)c2)C1. The third kappa shape index (κ3) is 3.37. The van der Waals surface area contributed by atoms with E-state index >= 15 is 0 Å². The lowest BCUT2D eigenvalue weighted by molar-refractivity contribution is 0.242. The number of aliphatic hydroxyl groups is 1. The minimum Gasteiger partial charge on any atom is -0.395 e. The van der Waals surface area contributed by atoms with Crippen molar-refractivity contribution in [3.63, 3.8) is 0 Å². The molecule has 1 aliphatic heterocycles. The van der Waals surface area contributed by atoms with Crippen molar-refractivity contribution < 1.29 is 5.11 Å². The Labute approximate surface area is 114 Å². The smallest absolute Gasteiger partial charge is 0.0601 e. The number of anilines is 1. The van der Waals surface area contributed by atoms with Crippen LogP contribution in [-0.2, 0) is 0 Å². The molecule has 1 unspecified atom stereocenters. The summed E-state index contributed by atoms with van der Waals surface area (Å²) in [4.78, 5) is 2.30. The molecule has 0 spiro atoms. The number of aliphatic hydroxyl groups excluding tert-OH is 1. The van der Waals surface area contributed by atoms with E-state index in [-0.39, 0.29) is 18.1 Å². The van der Waals surface area contributed by atoms with E-state index in [4.69, 9.17) is 11.6 Å². The quantitative estimate of drug-likeness (QED) is 0.863. The Hall–Kier alpha value is -0.770. The summed E-state index contributed by atoms with van der Waals surface area (Å²) in [6.45, 7) is 7.30. The Balaban J connectivity index is 2.23. The average Bonchev–Trinajstić information content (AvgIpc) is 2.47. The number of benzene rings is 1. The van der Waals surface area contributed by atoms with Crippen molar-refractivity contribution in [2.24, 2.45) is 5.41 Å². The van der Waals surface area contributed by atoms with Gasteiger partial charge < -0.3 is 15.3 Å². The molecule has 1 atom stereocenters. The van der Waals surface area contributed by atoms with Crippen LogP contribution in [0.3, 0.4) is 0 Å². The lowest BCUT2D eigenvalue weighted by Crippen LogP contribution is -2.40. The molecule has 0 saturated carbocycles. The molecule has 1 aromatic rings. The van der Waals surface area contributed by atoms with Crippen molar-refractivity contribution in [2.45, 2.75) is 19.9 Å². The molecule has 1 aromatic carbocycles. The van der Waals surface area contributed by atoms with Gasteiger partial charge in [-0.15, -0.1) is 0 Å². The van der Waals surface area contributed by atoms with E-state index in [2.05, 4.69) is 30.1 Å². The molecule has 0 bridgehead atoms. The van der Waals surface area contributed by atoms with Crippen LogP contribution in [-0.4, -0.2) is 37.4 Å². The summed E-state index contributed by atoms with van der Waals surface area (Å²) in [5.41, 5.74) is 1.30. The molecule has 3 nitrogen and oxygen atoms in total. The van der Waals surface area contributed by atoms with Gasteiger partial charge in [0.2, 0.25) is 0 Å². The lowest BCUT2D eigenvalue weighted by Gasteiger charge is -2.31. The highest BCUT2D eigenvalue weighted by Gasteiger charge is 2.28. The Morgan fingerprint density at radius 2 is 2.28 bits per heavy atom. The predicted molar refractivity (Wildman–Crippen MR) is 76.3 cm³/mol. The van der Waals surface area contributed by atoms with Gasteiger partial charge in [-0.1, -0.05) is 31.5 Å². The van der Waals surface area contributed by atoms with Crippen LogP contribution in [0.25, 0.3) is 0 Å². The summed E-state index contributed by atoms with van der Waals surface area (Å²) in [6, 6.07) is 8.03.